The number of nitrogens with two attached hydrogens (primary N) is 1. The van der Waals surface area contributed by atoms with Crippen LogP contribution in [-0.4, -0.2) is 66.2 Å². The first kappa shape index (κ1) is 26.7. The van der Waals surface area contributed by atoms with Gasteiger partial charge in [0.1, 0.15) is 18.3 Å². The molecule has 0 radical (unpaired) electrons. The number of hydrogen-bond donors (Lipinski definition) is 2. The van der Waals surface area contributed by atoms with E-state index in [1.807, 2.05) is 30.3 Å². The van der Waals surface area contributed by atoms with Crippen molar-refractivity contribution in [3.05, 3.63) is 65.7 Å². The zero-order valence-electron chi connectivity index (χ0n) is 21.4. The highest BCUT2D eigenvalue weighted by molar-refractivity contribution is 5.96. The fourth-order valence-corrected chi connectivity index (χ4v) is 4.82. The van der Waals surface area contributed by atoms with Crippen LogP contribution in [0.25, 0.3) is 0 Å². The molecule has 0 saturated carbocycles. The molecule has 5 atom stereocenters. The van der Waals surface area contributed by atoms with Crippen LogP contribution in [0.1, 0.15) is 43.1 Å². The summed E-state index contributed by atoms with van der Waals surface area (Å²) in [6.07, 6.45) is -2.84. The lowest BCUT2D eigenvalue weighted by Gasteiger charge is -2.37. The van der Waals surface area contributed by atoms with Crippen LogP contribution in [0.4, 0.5) is 10.5 Å². The van der Waals surface area contributed by atoms with Crippen LogP contribution in [-0.2, 0) is 30.3 Å². The molecule has 4 rings (SSSR count). The van der Waals surface area contributed by atoms with Gasteiger partial charge in [0.05, 0.1) is 6.04 Å². The Kier molecular flexibility index (Phi) is 7.93. The summed E-state index contributed by atoms with van der Waals surface area (Å²) >= 11 is 0. The van der Waals surface area contributed by atoms with Crippen molar-refractivity contribution in [2.45, 2.75) is 70.2 Å². The second kappa shape index (κ2) is 11.0. The van der Waals surface area contributed by atoms with E-state index in [2.05, 4.69) is 5.32 Å². The molecule has 2 fully saturated rings. The molecule has 0 bridgehead atoms. The number of ether oxygens (including phenoxy) is 4. The summed E-state index contributed by atoms with van der Waals surface area (Å²) in [7, 11) is 1.52. The molecule has 2 aromatic rings. The predicted molar refractivity (Wildman–Crippen MR) is 135 cm³/mol. The maximum Gasteiger partial charge on any atom is 0.322 e. The molecule has 2 aliphatic rings. The van der Waals surface area contributed by atoms with E-state index < -0.39 is 48.4 Å². The molecule has 10 nitrogen and oxygen atoms in total. The van der Waals surface area contributed by atoms with Crippen molar-refractivity contribution < 1.29 is 33.3 Å². The number of benzene rings is 2. The Morgan fingerprint density at radius 2 is 1.84 bits per heavy atom. The third-order valence-electron chi connectivity index (χ3n) is 6.47. The van der Waals surface area contributed by atoms with Gasteiger partial charge in [-0.05, 0) is 38.5 Å². The van der Waals surface area contributed by atoms with Gasteiger partial charge in [-0.25, -0.2) is 4.79 Å². The molecular formula is C27H33N3O7. The van der Waals surface area contributed by atoms with Crippen LogP contribution >= 0.6 is 0 Å². The average Bonchev–Trinajstić information content (AvgIpc) is 3.32. The Bertz CT molecular complexity index is 1140. The third-order valence-corrected chi connectivity index (χ3v) is 6.47. The normalized spacial score (nSPS) is 24.8. The number of ketones is 1. The summed E-state index contributed by atoms with van der Waals surface area (Å²) in [5.74, 6) is -1.59. The molecule has 0 unspecified atom stereocenters. The summed E-state index contributed by atoms with van der Waals surface area (Å²) in [6, 6.07) is 14.7. The van der Waals surface area contributed by atoms with Crippen molar-refractivity contribution in [1.82, 2.24) is 4.90 Å². The molecule has 37 heavy (non-hydrogen) atoms. The number of nitrogens with one attached hydrogen (secondary N) is 1. The van der Waals surface area contributed by atoms with E-state index in [9.17, 15) is 14.4 Å². The molecule has 0 aliphatic carbocycles. The number of carbonyl (C=O) groups is 3. The zero-order valence-corrected chi connectivity index (χ0v) is 21.4. The van der Waals surface area contributed by atoms with Crippen molar-refractivity contribution >= 4 is 23.4 Å². The number of hydrogen-bond acceptors (Lipinski definition) is 7. The third kappa shape index (κ3) is 6.16. The van der Waals surface area contributed by atoms with E-state index in [0.29, 0.717) is 11.3 Å². The van der Waals surface area contributed by atoms with Crippen LogP contribution in [0.15, 0.2) is 54.6 Å². The van der Waals surface area contributed by atoms with Crippen LogP contribution in [0.3, 0.4) is 0 Å². The van der Waals surface area contributed by atoms with E-state index in [0.717, 1.165) is 5.56 Å². The van der Waals surface area contributed by atoms with E-state index in [-0.39, 0.29) is 18.7 Å². The number of carbonyl (C=O) groups excluding carboxylic acids is 3. The molecule has 0 spiro atoms. The van der Waals surface area contributed by atoms with Gasteiger partial charge in [0.15, 0.2) is 17.9 Å². The summed E-state index contributed by atoms with van der Waals surface area (Å²) in [5.41, 5.74) is 7.39. The van der Waals surface area contributed by atoms with Crippen molar-refractivity contribution in [3.63, 3.8) is 0 Å². The number of amides is 3. The number of fused-ring (bicyclic) bond motifs is 1. The molecule has 10 heteroatoms. The Hall–Kier alpha value is -3.31. The summed E-state index contributed by atoms with van der Waals surface area (Å²) in [6.45, 7) is 5.18. The molecule has 3 N–H and O–H groups in total. The van der Waals surface area contributed by atoms with Gasteiger partial charge < -0.3 is 34.9 Å². The van der Waals surface area contributed by atoms with Crippen molar-refractivity contribution in [2.24, 2.45) is 5.73 Å². The smallest absolute Gasteiger partial charge is 0.322 e. The number of methoxy groups -OCH3 is 1. The Morgan fingerprint density at radius 1 is 1.11 bits per heavy atom. The maximum absolute atomic E-state index is 13.7. The van der Waals surface area contributed by atoms with E-state index in [1.54, 1.807) is 38.1 Å². The van der Waals surface area contributed by atoms with Crippen LogP contribution in [0.2, 0.25) is 0 Å². The first-order chi connectivity index (χ1) is 17.6. The highest BCUT2D eigenvalue weighted by Gasteiger charge is 2.58. The minimum absolute atomic E-state index is 0.124. The molecule has 0 aromatic heterocycles. The van der Waals surface area contributed by atoms with Crippen molar-refractivity contribution in [2.75, 3.05) is 12.4 Å². The van der Waals surface area contributed by atoms with Crippen LogP contribution < -0.4 is 11.1 Å². The minimum atomic E-state index is -0.862. The molecule has 2 heterocycles. The van der Waals surface area contributed by atoms with Crippen molar-refractivity contribution in [3.8, 4) is 0 Å². The number of anilines is 1. The SMILES string of the molecule is CO[C@@H]1[C@H]2OC(C)(C)O[C@H]2O[C@@H]1[C@H](CC(N)=O)N(Cc1ccccc1)C(=O)Nc1cccc(C(C)=O)c1. The van der Waals surface area contributed by atoms with Gasteiger partial charge in [0.2, 0.25) is 5.91 Å². The van der Waals surface area contributed by atoms with Gasteiger partial charge in [0, 0.05) is 31.3 Å². The lowest BCUT2D eigenvalue weighted by molar-refractivity contribution is -0.223. The lowest BCUT2D eigenvalue weighted by atomic mass is 9.98. The number of Topliss-reactive ketones (excluding diaryl/α,β-unsaturated/α-hetero) is 1. The molecule has 2 saturated heterocycles. The lowest BCUT2D eigenvalue weighted by Crippen LogP contribution is -2.54. The van der Waals surface area contributed by atoms with E-state index in [1.165, 1.54) is 18.9 Å². The highest BCUT2D eigenvalue weighted by atomic mass is 16.8. The van der Waals surface area contributed by atoms with Crippen LogP contribution in [0, 0.1) is 0 Å². The second-order valence-electron chi connectivity index (χ2n) is 9.69. The number of urea groups is 1. The predicted octanol–water partition coefficient (Wildman–Crippen LogP) is 3.06. The standard InChI is InChI=1S/C27H33N3O7/c1-16(31)18-11-8-12-19(13-18)29-26(33)30(15-17-9-6-5-7-10-17)20(14-21(28)32)22-23(34-4)24-25(35-22)37-27(2,3)36-24/h5-13,20,22-25H,14-15H2,1-4H3,(H2,28,32)(H,29,33)/t20-,22+,23-,24+,25+/m0/s1. The topological polar surface area (TPSA) is 129 Å². The average molecular weight is 512 g/mol. The molecule has 2 aromatic carbocycles. The summed E-state index contributed by atoms with van der Waals surface area (Å²) < 4.78 is 23.9. The Labute approximate surface area is 216 Å². The van der Waals surface area contributed by atoms with Gasteiger partial charge in [-0.3, -0.25) is 9.59 Å². The fraction of sp³-hybridized carbons (Fsp3) is 0.444. The largest absolute Gasteiger partial charge is 0.376 e. The van der Waals surface area contributed by atoms with Gasteiger partial charge in [0.25, 0.3) is 0 Å². The van der Waals surface area contributed by atoms with Crippen molar-refractivity contribution in [1.29, 1.82) is 0 Å². The van der Waals surface area contributed by atoms with Gasteiger partial charge >= 0.3 is 6.03 Å². The second-order valence-corrected chi connectivity index (χ2v) is 9.69. The molecule has 3 amide bonds. The van der Waals surface area contributed by atoms with E-state index in [4.69, 9.17) is 24.7 Å². The Balaban J connectivity index is 1.67. The van der Waals surface area contributed by atoms with Gasteiger partial charge in [-0.1, -0.05) is 42.5 Å². The number of primary amides is 1. The van der Waals surface area contributed by atoms with Gasteiger partial charge in [-0.15, -0.1) is 0 Å². The number of rotatable bonds is 9. The van der Waals surface area contributed by atoms with Crippen LogP contribution in [0.5, 0.6) is 0 Å². The van der Waals surface area contributed by atoms with Gasteiger partial charge in [-0.2, -0.15) is 0 Å². The summed E-state index contributed by atoms with van der Waals surface area (Å²) in [5, 5.41) is 2.85. The monoisotopic (exact) mass is 511 g/mol. The zero-order chi connectivity index (χ0) is 26.7. The fourth-order valence-electron chi connectivity index (χ4n) is 4.82. The van der Waals surface area contributed by atoms with E-state index >= 15 is 0 Å². The highest BCUT2D eigenvalue weighted by Crippen LogP contribution is 2.41. The maximum atomic E-state index is 13.7. The quantitative estimate of drug-likeness (QED) is 0.495. The molecular weight excluding hydrogens is 478 g/mol. The summed E-state index contributed by atoms with van der Waals surface area (Å²) in [4.78, 5) is 39.3. The first-order valence-electron chi connectivity index (χ1n) is 12.1. The first-order valence-corrected chi connectivity index (χ1v) is 12.1. The number of nitrogens with zero attached hydrogens (tertiary/aromatic N) is 1. The molecule has 198 valence electrons. The Morgan fingerprint density at radius 3 is 2.49 bits per heavy atom. The minimum Gasteiger partial charge on any atom is -0.376 e. The molecule has 2 aliphatic heterocycles.